The smallest absolute Gasteiger partial charge is 0.408 e. The number of benzene rings is 2. The number of carbonyl (C=O) groups is 4. The molecule has 2 aliphatic heterocycles. The lowest BCUT2D eigenvalue weighted by atomic mass is 9.82. The van der Waals surface area contributed by atoms with Crippen LogP contribution in [0.5, 0.6) is 0 Å². The zero-order valence-corrected chi connectivity index (χ0v) is 17.9. The van der Waals surface area contributed by atoms with Crippen molar-refractivity contribution in [2.45, 2.75) is 44.2 Å². The van der Waals surface area contributed by atoms with E-state index >= 15 is 0 Å². The number of nitro groups is 1. The van der Waals surface area contributed by atoms with E-state index in [0.717, 1.165) is 10.5 Å². The summed E-state index contributed by atoms with van der Waals surface area (Å²) in [7, 11) is 0. The van der Waals surface area contributed by atoms with Crippen LogP contribution in [-0.2, 0) is 37.1 Å². The molecular formula is C23H21N3O8. The first kappa shape index (κ1) is 22.9. The molecule has 3 atom stereocenters. The number of Topliss-reactive ketones (excluding diaryl/α,β-unsaturated/α-hetero) is 1. The van der Waals surface area contributed by atoms with Gasteiger partial charge in [0.05, 0.1) is 11.0 Å². The van der Waals surface area contributed by atoms with E-state index in [4.69, 9.17) is 9.47 Å². The van der Waals surface area contributed by atoms with E-state index in [1.807, 2.05) is 18.2 Å². The van der Waals surface area contributed by atoms with Crippen molar-refractivity contribution in [3.63, 3.8) is 0 Å². The largest absolute Gasteiger partial charge is 0.459 e. The Labute approximate surface area is 193 Å². The number of hydrogen-bond donors (Lipinski definition) is 1. The zero-order valence-electron chi connectivity index (χ0n) is 17.9. The zero-order chi connectivity index (χ0) is 24.2. The summed E-state index contributed by atoms with van der Waals surface area (Å²) in [5, 5.41) is 13.2. The molecule has 3 unspecified atom stereocenters. The number of amides is 2. The average Bonchev–Trinajstić information content (AvgIpc) is 2.85. The van der Waals surface area contributed by atoms with Crippen LogP contribution in [0.4, 0.5) is 10.5 Å². The molecule has 0 saturated carbocycles. The number of rotatable bonds is 7. The Morgan fingerprint density at radius 3 is 2.32 bits per heavy atom. The molecule has 2 aliphatic rings. The molecule has 2 heterocycles. The number of non-ortho nitro benzene ring substituents is 1. The van der Waals surface area contributed by atoms with Gasteiger partial charge in [-0.2, -0.15) is 0 Å². The number of β-lactam (4-membered cyclic amide) rings is 1. The van der Waals surface area contributed by atoms with Crippen LogP contribution in [0.25, 0.3) is 0 Å². The summed E-state index contributed by atoms with van der Waals surface area (Å²) in [5.74, 6) is -1.89. The van der Waals surface area contributed by atoms with Gasteiger partial charge in [0, 0.05) is 18.6 Å². The minimum absolute atomic E-state index is 0.0397. The molecule has 176 valence electrons. The first-order valence-electron chi connectivity index (χ1n) is 10.6. The molecule has 2 fully saturated rings. The van der Waals surface area contributed by atoms with Gasteiger partial charge in [0.1, 0.15) is 19.3 Å². The minimum atomic E-state index is -1.39. The van der Waals surface area contributed by atoms with Crippen molar-refractivity contribution in [1.82, 2.24) is 10.2 Å². The average molecular weight is 467 g/mol. The number of hydrogen-bond acceptors (Lipinski definition) is 8. The van der Waals surface area contributed by atoms with Crippen molar-refractivity contribution in [2.75, 3.05) is 0 Å². The van der Waals surface area contributed by atoms with E-state index in [0.29, 0.717) is 12.0 Å². The molecule has 11 heteroatoms. The van der Waals surface area contributed by atoms with Gasteiger partial charge in [0.15, 0.2) is 11.8 Å². The third-order valence-electron chi connectivity index (χ3n) is 5.77. The molecule has 2 amide bonds. The fourth-order valence-corrected chi connectivity index (χ4v) is 4.02. The van der Waals surface area contributed by atoms with E-state index in [1.165, 1.54) is 24.3 Å². The van der Waals surface area contributed by atoms with E-state index in [9.17, 15) is 29.3 Å². The molecule has 2 saturated heterocycles. The number of nitrogens with one attached hydrogen (secondary N) is 1. The highest BCUT2D eigenvalue weighted by atomic mass is 16.6. The lowest BCUT2D eigenvalue weighted by molar-refractivity contribution is -0.384. The predicted molar refractivity (Wildman–Crippen MR) is 115 cm³/mol. The van der Waals surface area contributed by atoms with Crippen LogP contribution in [0.1, 0.15) is 24.0 Å². The van der Waals surface area contributed by atoms with Crippen LogP contribution in [0, 0.1) is 10.1 Å². The highest BCUT2D eigenvalue weighted by Gasteiger charge is 2.57. The van der Waals surface area contributed by atoms with Crippen molar-refractivity contribution in [2.24, 2.45) is 0 Å². The normalized spacial score (nSPS) is 21.2. The molecule has 34 heavy (non-hydrogen) atoms. The maximum Gasteiger partial charge on any atom is 0.408 e. The van der Waals surface area contributed by atoms with Gasteiger partial charge in [0.25, 0.3) is 5.69 Å². The number of ketones is 1. The molecule has 2 aromatic carbocycles. The predicted octanol–water partition coefficient (Wildman–Crippen LogP) is 1.88. The number of fused-ring (bicyclic) bond motifs is 1. The third-order valence-corrected chi connectivity index (χ3v) is 5.77. The monoisotopic (exact) mass is 467 g/mol. The molecule has 1 N–H and O–H groups in total. The summed E-state index contributed by atoms with van der Waals surface area (Å²) in [6.07, 6.45) is -0.403. The number of ether oxygens (including phenoxy) is 2. The van der Waals surface area contributed by atoms with Gasteiger partial charge in [-0.1, -0.05) is 30.3 Å². The van der Waals surface area contributed by atoms with E-state index in [-0.39, 0.29) is 25.3 Å². The lowest BCUT2D eigenvalue weighted by Crippen LogP contribution is -2.77. The van der Waals surface area contributed by atoms with Crippen LogP contribution >= 0.6 is 0 Å². The van der Waals surface area contributed by atoms with Gasteiger partial charge in [-0.3, -0.25) is 19.7 Å². The summed E-state index contributed by atoms with van der Waals surface area (Å²) in [6.45, 7) is -0.168. The van der Waals surface area contributed by atoms with Crippen molar-refractivity contribution in [1.29, 1.82) is 0 Å². The summed E-state index contributed by atoms with van der Waals surface area (Å²) in [5.41, 5.74) is 1.18. The molecule has 0 aromatic heterocycles. The Balaban J connectivity index is 1.32. The lowest BCUT2D eigenvalue weighted by Gasteiger charge is -2.51. The maximum absolute atomic E-state index is 12.7. The Hall–Kier alpha value is -4.28. The van der Waals surface area contributed by atoms with Gasteiger partial charge in [0.2, 0.25) is 5.91 Å². The molecule has 2 aromatic rings. The second-order valence-electron chi connectivity index (χ2n) is 7.94. The van der Waals surface area contributed by atoms with Gasteiger partial charge in [-0.15, -0.1) is 0 Å². The second-order valence-corrected chi connectivity index (χ2v) is 7.94. The van der Waals surface area contributed by atoms with Crippen LogP contribution in [0.2, 0.25) is 0 Å². The highest BCUT2D eigenvalue weighted by Crippen LogP contribution is 2.33. The fourth-order valence-electron chi connectivity index (χ4n) is 4.02. The Morgan fingerprint density at radius 2 is 1.65 bits per heavy atom. The van der Waals surface area contributed by atoms with E-state index < -0.39 is 46.8 Å². The molecule has 0 aliphatic carbocycles. The molecule has 0 spiro atoms. The number of esters is 1. The van der Waals surface area contributed by atoms with Gasteiger partial charge < -0.3 is 19.7 Å². The van der Waals surface area contributed by atoms with Crippen molar-refractivity contribution < 1.29 is 33.6 Å². The number of nitro benzene ring substituents is 1. The van der Waals surface area contributed by atoms with Crippen molar-refractivity contribution in [3.05, 3.63) is 75.8 Å². The number of nitrogens with zero attached hydrogens (tertiary/aromatic N) is 2. The maximum atomic E-state index is 12.7. The highest BCUT2D eigenvalue weighted by molar-refractivity contribution is 6.09. The Morgan fingerprint density at radius 1 is 1.00 bits per heavy atom. The van der Waals surface area contributed by atoms with Crippen molar-refractivity contribution in [3.8, 4) is 0 Å². The SMILES string of the molecule is O=C(NC1C(=O)N2C(C(=O)OCc3ccc([N+](=O)[O-])cc3)C(=O)CCC12)OCc1ccccc1. The first-order valence-corrected chi connectivity index (χ1v) is 10.6. The number of piperidine rings is 1. The Kier molecular flexibility index (Phi) is 6.53. The van der Waals surface area contributed by atoms with Gasteiger partial charge in [-0.05, 0) is 29.7 Å². The van der Waals surface area contributed by atoms with Gasteiger partial charge in [-0.25, -0.2) is 9.59 Å². The quantitative estimate of drug-likeness (QED) is 0.214. The van der Waals surface area contributed by atoms with Gasteiger partial charge >= 0.3 is 12.1 Å². The molecule has 0 radical (unpaired) electrons. The van der Waals surface area contributed by atoms with Crippen LogP contribution < -0.4 is 5.32 Å². The third kappa shape index (κ3) is 4.72. The van der Waals surface area contributed by atoms with E-state index in [2.05, 4.69) is 5.32 Å². The molecule has 0 bridgehead atoms. The summed E-state index contributed by atoms with van der Waals surface area (Å²) < 4.78 is 10.4. The molecule has 11 nitrogen and oxygen atoms in total. The standard InChI is InChI=1S/C23H21N3O8/c27-18-11-10-17-19(24-23(30)34-13-14-4-2-1-3-5-14)21(28)25(17)20(18)22(29)33-12-15-6-8-16(9-7-15)26(31)32/h1-9,17,19-20H,10-13H2,(H,24,30). The minimum Gasteiger partial charge on any atom is -0.459 e. The molecule has 4 rings (SSSR count). The van der Waals surface area contributed by atoms with Crippen LogP contribution in [0.3, 0.4) is 0 Å². The molecular weight excluding hydrogens is 446 g/mol. The second kappa shape index (κ2) is 9.69. The van der Waals surface area contributed by atoms with Crippen molar-refractivity contribution >= 4 is 29.4 Å². The fraction of sp³-hybridized carbons (Fsp3) is 0.304. The van der Waals surface area contributed by atoms with E-state index in [1.54, 1.807) is 12.1 Å². The van der Waals surface area contributed by atoms with Crippen LogP contribution in [-0.4, -0.2) is 51.7 Å². The topological polar surface area (TPSA) is 145 Å². The first-order chi connectivity index (χ1) is 16.3. The summed E-state index contributed by atoms with van der Waals surface area (Å²) in [6, 6.07) is 11.7. The number of carbonyl (C=O) groups excluding carboxylic acids is 4. The summed E-state index contributed by atoms with van der Waals surface area (Å²) >= 11 is 0. The van der Waals surface area contributed by atoms with Crippen LogP contribution in [0.15, 0.2) is 54.6 Å². The Bertz CT molecular complexity index is 1120. The number of alkyl carbamates (subject to hydrolysis) is 1. The summed E-state index contributed by atoms with van der Waals surface area (Å²) in [4.78, 5) is 61.2.